The summed E-state index contributed by atoms with van der Waals surface area (Å²) in [5.41, 5.74) is 0. The van der Waals surface area contributed by atoms with Gasteiger partial charge in [0.15, 0.2) is 0 Å². The molecule has 0 amide bonds. The van der Waals surface area contributed by atoms with Gasteiger partial charge in [0.1, 0.15) is 0 Å². The molecule has 104 valence electrons. The molecular formula is C16H29NO. The zero-order chi connectivity index (χ0) is 12.4. The number of ether oxygens (including phenoxy) is 1. The molecule has 0 radical (unpaired) electrons. The van der Waals surface area contributed by atoms with Gasteiger partial charge >= 0.3 is 0 Å². The zero-order valence-corrected chi connectivity index (χ0v) is 11.9. The number of nitrogens with one attached hydrogen (secondary N) is 1. The standard InChI is InChI=1S/C16H29NO/c1-18-6-4-2-3-5-17-16-14-8-12-7-13(10-14)11-15(16)9-12/h12-17H,2-11H2,1H3. The van der Waals surface area contributed by atoms with E-state index in [0.29, 0.717) is 0 Å². The summed E-state index contributed by atoms with van der Waals surface area (Å²) < 4.78 is 5.10. The zero-order valence-electron chi connectivity index (χ0n) is 11.9. The summed E-state index contributed by atoms with van der Waals surface area (Å²) in [4.78, 5) is 0. The number of rotatable bonds is 7. The van der Waals surface area contributed by atoms with Gasteiger partial charge in [-0.3, -0.25) is 0 Å². The van der Waals surface area contributed by atoms with Gasteiger partial charge in [-0.15, -0.1) is 0 Å². The molecule has 4 aliphatic rings. The summed E-state index contributed by atoms with van der Waals surface area (Å²) in [6.07, 6.45) is 11.6. The molecule has 0 aromatic heterocycles. The van der Waals surface area contributed by atoms with Crippen molar-refractivity contribution in [2.75, 3.05) is 20.3 Å². The van der Waals surface area contributed by atoms with Crippen LogP contribution in [0, 0.1) is 23.7 Å². The van der Waals surface area contributed by atoms with Gasteiger partial charge in [0.25, 0.3) is 0 Å². The second-order valence-electron chi connectivity index (χ2n) is 6.96. The Bertz CT molecular complexity index is 238. The van der Waals surface area contributed by atoms with Crippen LogP contribution in [-0.4, -0.2) is 26.3 Å². The third-order valence-electron chi connectivity index (χ3n) is 5.63. The summed E-state index contributed by atoms with van der Waals surface area (Å²) in [6, 6.07) is 0.875. The summed E-state index contributed by atoms with van der Waals surface area (Å²) in [6.45, 7) is 2.16. The minimum Gasteiger partial charge on any atom is -0.385 e. The molecule has 2 nitrogen and oxygen atoms in total. The van der Waals surface area contributed by atoms with Crippen molar-refractivity contribution in [1.29, 1.82) is 0 Å². The first-order valence-corrected chi connectivity index (χ1v) is 8.09. The Kier molecular flexibility index (Phi) is 4.25. The second-order valence-corrected chi connectivity index (χ2v) is 6.96. The highest BCUT2D eigenvalue weighted by Crippen LogP contribution is 2.53. The largest absolute Gasteiger partial charge is 0.385 e. The molecule has 1 N–H and O–H groups in total. The predicted molar refractivity (Wildman–Crippen MR) is 74.6 cm³/mol. The van der Waals surface area contributed by atoms with Crippen molar-refractivity contribution in [3.05, 3.63) is 0 Å². The Hall–Kier alpha value is -0.0800. The number of unbranched alkanes of at least 4 members (excludes halogenated alkanes) is 2. The third kappa shape index (κ3) is 2.75. The first-order chi connectivity index (χ1) is 8.86. The van der Waals surface area contributed by atoms with E-state index in [4.69, 9.17) is 4.74 Å². The van der Waals surface area contributed by atoms with Crippen LogP contribution in [0.4, 0.5) is 0 Å². The minimum atomic E-state index is 0.875. The van der Waals surface area contributed by atoms with Crippen LogP contribution in [0.2, 0.25) is 0 Å². The van der Waals surface area contributed by atoms with Gasteiger partial charge in [0.2, 0.25) is 0 Å². The van der Waals surface area contributed by atoms with E-state index in [2.05, 4.69) is 5.32 Å². The van der Waals surface area contributed by atoms with Crippen LogP contribution in [0.25, 0.3) is 0 Å². The lowest BCUT2D eigenvalue weighted by atomic mass is 9.54. The maximum absolute atomic E-state index is 5.10. The lowest BCUT2D eigenvalue weighted by molar-refractivity contribution is -0.0136. The van der Waals surface area contributed by atoms with Crippen LogP contribution in [0.3, 0.4) is 0 Å². The van der Waals surface area contributed by atoms with E-state index in [1.165, 1.54) is 51.5 Å². The van der Waals surface area contributed by atoms with E-state index < -0.39 is 0 Å². The molecule has 0 atom stereocenters. The molecule has 0 aliphatic heterocycles. The molecule has 4 rings (SSSR count). The molecule has 0 unspecified atom stereocenters. The van der Waals surface area contributed by atoms with Gasteiger partial charge in [0.05, 0.1) is 0 Å². The van der Waals surface area contributed by atoms with Crippen LogP contribution in [0.5, 0.6) is 0 Å². The maximum atomic E-state index is 5.10. The Morgan fingerprint density at radius 1 is 0.889 bits per heavy atom. The fraction of sp³-hybridized carbons (Fsp3) is 1.00. The van der Waals surface area contributed by atoms with Crippen molar-refractivity contribution < 1.29 is 4.74 Å². The van der Waals surface area contributed by atoms with Gasteiger partial charge in [-0.25, -0.2) is 0 Å². The van der Waals surface area contributed by atoms with Crippen LogP contribution >= 0.6 is 0 Å². The van der Waals surface area contributed by atoms with Crippen molar-refractivity contribution in [2.24, 2.45) is 23.7 Å². The van der Waals surface area contributed by atoms with Crippen LogP contribution < -0.4 is 5.32 Å². The van der Waals surface area contributed by atoms with Crippen LogP contribution in [-0.2, 0) is 4.74 Å². The fourth-order valence-electron chi connectivity index (χ4n) is 5.08. The summed E-state index contributed by atoms with van der Waals surface area (Å²) in [5.74, 6) is 4.26. The van der Waals surface area contributed by atoms with Crippen LogP contribution in [0.1, 0.15) is 51.4 Å². The normalized spacial score (nSPS) is 41.5. The molecule has 0 aromatic rings. The molecule has 0 saturated heterocycles. The molecule has 0 aromatic carbocycles. The van der Waals surface area contributed by atoms with Gasteiger partial charge in [-0.2, -0.15) is 0 Å². The van der Waals surface area contributed by atoms with E-state index in [9.17, 15) is 0 Å². The average molecular weight is 251 g/mol. The third-order valence-corrected chi connectivity index (χ3v) is 5.63. The molecule has 0 spiro atoms. The van der Waals surface area contributed by atoms with E-state index in [1.54, 1.807) is 13.5 Å². The Balaban J connectivity index is 1.38. The van der Waals surface area contributed by atoms with E-state index in [1.807, 2.05) is 0 Å². The predicted octanol–water partition coefficient (Wildman–Crippen LogP) is 3.22. The van der Waals surface area contributed by atoms with Crippen molar-refractivity contribution >= 4 is 0 Å². The second kappa shape index (κ2) is 5.92. The number of hydrogen-bond acceptors (Lipinski definition) is 2. The van der Waals surface area contributed by atoms with E-state index >= 15 is 0 Å². The Labute approximate surface area is 112 Å². The topological polar surface area (TPSA) is 21.3 Å². The average Bonchev–Trinajstić information content (AvgIpc) is 2.35. The highest BCUT2D eigenvalue weighted by Gasteiger charge is 2.47. The Morgan fingerprint density at radius 2 is 1.56 bits per heavy atom. The highest BCUT2D eigenvalue weighted by atomic mass is 16.5. The summed E-state index contributed by atoms with van der Waals surface area (Å²) in [7, 11) is 1.80. The molecule has 18 heavy (non-hydrogen) atoms. The molecule has 4 fully saturated rings. The SMILES string of the molecule is COCCCCCNC1C2CC3CC(C2)CC1C3. The van der Waals surface area contributed by atoms with Crippen molar-refractivity contribution in [3.8, 4) is 0 Å². The number of methoxy groups -OCH3 is 1. The van der Waals surface area contributed by atoms with Crippen molar-refractivity contribution in [2.45, 2.75) is 57.4 Å². The van der Waals surface area contributed by atoms with Gasteiger partial charge in [-0.05, 0) is 81.6 Å². The quantitative estimate of drug-likeness (QED) is 0.702. The van der Waals surface area contributed by atoms with E-state index in [0.717, 1.165) is 36.3 Å². The molecule has 4 bridgehead atoms. The molecule has 0 heterocycles. The molecule has 2 heteroatoms. The summed E-state index contributed by atoms with van der Waals surface area (Å²) in [5, 5.41) is 3.90. The lowest BCUT2D eigenvalue weighted by Crippen LogP contribution is -2.54. The smallest absolute Gasteiger partial charge is 0.0462 e. The minimum absolute atomic E-state index is 0.875. The van der Waals surface area contributed by atoms with E-state index in [-0.39, 0.29) is 0 Å². The Morgan fingerprint density at radius 3 is 2.17 bits per heavy atom. The molecule has 4 saturated carbocycles. The first kappa shape index (κ1) is 12.9. The van der Waals surface area contributed by atoms with Crippen molar-refractivity contribution in [1.82, 2.24) is 5.32 Å². The fourth-order valence-corrected chi connectivity index (χ4v) is 5.08. The highest BCUT2D eigenvalue weighted by molar-refractivity contribution is 5.01. The van der Waals surface area contributed by atoms with Gasteiger partial charge in [-0.1, -0.05) is 0 Å². The molecular weight excluding hydrogens is 222 g/mol. The van der Waals surface area contributed by atoms with Crippen LogP contribution in [0.15, 0.2) is 0 Å². The lowest BCUT2D eigenvalue weighted by Gasteiger charge is -2.54. The first-order valence-electron chi connectivity index (χ1n) is 8.09. The number of hydrogen-bond donors (Lipinski definition) is 1. The monoisotopic (exact) mass is 251 g/mol. The van der Waals surface area contributed by atoms with Gasteiger partial charge < -0.3 is 10.1 Å². The van der Waals surface area contributed by atoms with Gasteiger partial charge in [0, 0.05) is 19.8 Å². The molecule has 4 aliphatic carbocycles. The van der Waals surface area contributed by atoms with Crippen molar-refractivity contribution in [3.63, 3.8) is 0 Å². The maximum Gasteiger partial charge on any atom is 0.0462 e. The summed E-state index contributed by atoms with van der Waals surface area (Å²) >= 11 is 0.